The lowest BCUT2D eigenvalue weighted by molar-refractivity contribution is -0.139. The minimum absolute atomic E-state index is 0.0370. The van der Waals surface area contributed by atoms with E-state index in [1.807, 2.05) is 41.3 Å². The first-order chi connectivity index (χ1) is 9.69. The molecule has 0 aromatic heterocycles. The molecule has 1 aliphatic carbocycles. The monoisotopic (exact) mass is 270 g/mol. The second-order valence-electron chi connectivity index (χ2n) is 5.05. The highest BCUT2D eigenvalue weighted by Crippen LogP contribution is 2.23. The Hall–Kier alpha value is -2.12. The summed E-state index contributed by atoms with van der Waals surface area (Å²) in [7, 11) is 0. The van der Waals surface area contributed by atoms with Gasteiger partial charge in [0.1, 0.15) is 0 Å². The van der Waals surface area contributed by atoms with E-state index in [0.29, 0.717) is 6.54 Å². The van der Waals surface area contributed by atoms with Crippen LogP contribution >= 0.6 is 0 Å². The van der Waals surface area contributed by atoms with E-state index in [0.717, 1.165) is 30.4 Å². The van der Waals surface area contributed by atoms with Crippen molar-refractivity contribution in [2.45, 2.75) is 31.8 Å². The lowest BCUT2D eigenvalue weighted by Gasteiger charge is -2.32. The van der Waals surface area contributed by atoms with Gasteiger partial charge in [-0.1, -0.05) is 36.4 Å². The molecule has 0 heterocycles. The molecule has 1 aromatic rings. The number of aliphatic carboxylic acids is 1. The molecule has 0 saturated carbocycles. The molecule has 20 heavy (non-hydrogen) atoms. The van der Waals surface area contributed by atoms with Gasteiger partial charge in [0.2, 0.25) is 0 Å². The smallest absolute Gasteiger partial charge is 0.317 e. The van der Waals surface area contributed by atoms with Gasteiger partial charge in [0, 0.05) is 18.2 Å². The Balaban J connectivity index is 2.07. The van der Waals surface area contributed by atoms with Crippen LogP contribution in [0.3, 0.4) is 0 Å². The van der Waals surface area contributed by atoms with Gasteiger partial charge in [-0.05, 0) is 24.8 Å². The molecule has 1 atom stereocenters. The van der Waals surface area contributed by atoms with Crippen molar-refractivity contribution in [1.29, 1.82) is 5.26 Å². The Bertz CT molecular complexity index is 531. The van der Waals surface area contributed by atoms with Crippen molar-refractivity contribution in [2.24, 2.45) is 0 Å². The van der Waals surface area contributed by atoms with E-state index in [9.17, 15) is 4.79 Å². The van der Waals surface area contributed by atoms with Crippen molar-refractivity contribution >= 4 is 5.97 Å². The lowest BCUT2D eigenvalue weighted by Crippen LogP contribution is -2.39. The molecule has 4 nitrogen and oxygen atoms in total. The zero-order chi connectivity index (χ0) is 14.4. The summed E-state index contributed by atoms with van der Waals surface area (Å²) in [4.78, 5) is 13.0. The summed E-state index contributed by atoms with van der Waals surface area (Å²) in [6, 6.07) is 12.3. The predicted octanol–water partition coefficient (Wildman–Crippen LogP) is 2.58. The van der Waals surface area contributed by atoms with Crippen LogP contribution in [0.1, 0.15) is 24.8 Å². The SMILES string of the molecule is N#CC1=CCC(N(CC(=O)O)Cc2ccccc2)CC1. The Morgan fingerprint density at radius 1 is 1.40 bits per heavy atom. The number of allylic oxidation sites excluding steroid dienone is 1. The first-order valence-electron chi connectivity index (χ1n) is 6.78. The number of hydrogen-bond acceptors (Lipinski definition) is 3. The maximum absolute atomic E-state index is 11.1. The quantitative estimate of drug-likeness (QED) is 0.893. The van der Waals surface area contributed by atoms with E-state index in [2.05, 4.69) is 6.07 Å². The van der Waals surface area contributed by atoms with Crippen LogP contribution in [0.5, 0.6) is 0 Å². The molecule has 0 fully saturated rings. The summed E-state index contributed by atoms with van der Waals surface area (Å²) in [5.41, 5.74) is 1.93. The highest BCUT2D eigenvalue weighted by atomic mass is 16.4. The van der Waals surface area contributed by atoms with Gasteiger partial charge in [-0.2, -0.15) is 5.26 Å². The van der Waals surface area contributed by atoms with Gasteiger partial charge in [0.15, 0.2) is 0 Å². The normalized spacial score (nSPS) is 18.4. The molecule has 104 valence electrons. The number of nitrogens with zero attached hydrogens (tertiary/aromatic N) is 2. The topological polar surface area (TPSA) is 64.3 Å². The molecular formula is C16H18N2O2. The third kappa shape index (κ3) is 3.94. The van der Waals surface area contributed by atoms with Crippen LogP contribution in [0.2, 0.25) is 0 Å². The van der Waals surface area contributed by atoms with Gasteiger partial charge in [-0.25, -0.2) is 0 Å². The van der Waals surface area contributed by atoms with E-state index in [1.54, 1.807) is 0 Å². The summed E-state index contributed by atoms with van der Waals surface area (Å²) >= 11 is 0. The fourth-order valence-electron chi connectivity index (χ4n) is 2.56. The van der Waals surface area contributed by atoms with E-state index in [1.165, 1.54) is 0 Å². The minimum atomic E-state index is -0.809. The molecule has 4 heteroatoms. The number of rotatable bonds is 5. The fraction of sp³-hybridized carbons (Fsp3) is 0.375. The predicted molar refractivity (Wildman–Crippen MR) is 75.8 cm³/mol. The average Bonchev–Trinajstić information content (AvgIpc) is 2.47. The van der Waals surface area contributed by atoms with Crippen molar-refractivity contribution in [1.82, 2.24) is 4.90 Å². The summed E-state index contributed by atoms with van der Waals surface area (Å²) in [6.45, 7) is 0.669. The van der Waals surface area contributed by atoms with Crippen LogP contribution in [0.25, 0.3) is 0 Å². The number of carboxylic acids is 1. The first kappa shape index (κ1) is 14.3. The van der Waals surface area contributed by atoms with Gasteiger partial charge in [0.25, 0.3) is 0 Å². The second kappa shape index (κ2) is 6.88. The zero-order valence-corrected chi connectivity index (χ0v) is 11.3. The van der Waals surface area contributed by atoms with Crippen LogP contribution in [-0.4, -0.2) is 28.6 Å². The Labute approximate surface area is 118 Å². The maximum atomic E-state index is 11.1. The summed E-state index contributed by atoms with van der Waals surface area (Å²) < 4.78 is 0. The number of hydrogen-bond donors (Lipinski definition) is 1. The van der Waals surface area contributed by atoms with Gasteiger partial charge >= 0.3 is 5.97 Å². The van der Waals surface area contributed by atoms with Crippen molar-refractivity contribution < 1.29 is 9.90 Å². The summed E-state index contributed by atoms with van der Waals surface area (Å²) in [5, 5.41) is 18.0. The number of carbonyl (C=O) groups is 1. The van der Waals surface area contributed by atoms with Gasteiger partial charge < -0.3 is 5.11 Å². The molecule has 1 aliphatic rings. The highest BCUT2D eigenvalue weighted by Gasteiger charge is 2.23. The van der Waals surface area contributed by atoms with Crippen molar-refractivity contribution in [3.05, 3.63) is 47.5 Å². The first-order valence-corrected chi connectivity index (χ1v) is 6.78. The molecule has 0 saturated heterocycles. The van der Waals surface area contributed by atoms with E-state index < -0.39 is 5.97 Å². The Morgan fingerprint density at radius 3 is 2.70 bits per heavy atom. The van der Waals surface area contributed by atoms with Gasteiger partial charge in [-0.15, -0.1) is 0 Å². The van der Waals surface area contributed by atoms with Crippen LogP contribution in [0, 0.1) is 11.3 Å². The maximum Gasteiger partial charge on any atom is 0.317 e. The standard InChI is InChI=1S/C16H18N2O2/c17-10-13-6-8-15(9-7-13)18(12-16(19)20)11-14-4-2-1-3-5-14/h1-6,15H,7-9,11-12H2,(H,19,20). The van der Waals surface area contributed by atoms with Crippen molar-refractivity contribution in [3.8, 4) is 6.07 Å². The van der Waals surface area contributed by atoms with E-state index in [-0.39, 0.29) is 12.6 Å². The summed E-state index contributed by atoms with van der Waals surface area (Å²) in [5.74, 6) is -0.809. The molecule has 1 unspecified atom stereocenters. The lowest BCUT2D eigenvalue weighted by atomic mass is 9.94. The number of nitriles is 1. The zero-order valence-electron chi connectivity index (χ0n) is 11.3. The molecule has 1 N–H and O–H groups in total. The van der Waals surface area contributed by atoms with Crippen LogP contribution < -0.4 is 0 Å². The van der Waals surface area contributed by atoms with E-state index >= 15 is 0 Å². The van der Waals surface area contributed by atoms with Crippen LogP contribution in [-0.2, 0) is 11.3 Å². The molecule has 2 rings (SSSR count). The number of carboxylic acid groups (broad SMARTS) is 1. The van der Waals surface area contributed by atoms with Crippen molar-refractivity contribution in [3.63, 3.8) is 0 Å². The van der Waals surface area contributed by atoms with Gasteiger partial charge in [-0.3, -0.25) is 9.69 Å². The molecule has 0 aliphatic heterocycles. The molecular weight excluding hydrogens is 252 g/mol. The van der Waals surface area contributed by atoms with Gasteiger partial charge in [0.05, 0.1) is 12.6 Å². The van der Waals surface area contributed by atoms with Crippen LogP contribution in [0.15, 0.2) is 42.0 Å². The molecule has 1 aromatic carbocycles. The van der Waals surface area contributed by atoms with E-state index in [4.69, 9.17) is 10.4 Å². The largest absolute Gasteiger partial charge is 0.480 e. The fourth-order valence-corrected chi connectivity index (χ4v) is 2.56. The third-order valence-corrected chi connectivity index (χ3v) is 3.61. The number of benzene rings is 1. The molecule has 0 spiro atoms. The summed E-state index contributed by atoms with van der Waals surface area (Å²) in [6.07, 6.45) is 4.28. The Kier molecular flexibility index (Phi) is 4.91. The average molecular weight is 270 g/mol. The highest BCUT2D eigenvalue weighted by molar-refractivity contribution is 5.69. The molecule has 0 bridgehead atoms. The second-order valence-corrected chi connectivity index (χ2v) is 5.05. The molecule has 0 radical (unpaired) electrons. The van der Waals surface area contributed by atoms with Crippen molar-refractivity contribution in [2.75, 3.05) is 6.54 Å². The minimum Gasteiger partial charge on any atom is -0.480 e. The Morgan fingerprint density at radius 2 is 2.15 bits per heavy atom. The van der Waals surface area contributed by atoms with Crippen LogP contribution in [0.4, 0.5) is 0 Å². The third-order valence-electron chi connectivity index (χ3n) is 3.61. The molecule has 0 amide bonds.